The van der Waals surface area contributed by atoms with E-state index in [1.54, 1.807) is 38.5 Å². The van der Waals surface area contributed by atoms with Crippen LogP contribution in [-0.4, -0.2) is 66.3 Å². The Morgan fingerprint density at radius 1 is 1.13 bits per heavy atom. The van der Waals surface area contributed by atoms with E-state index in [0.29, 0.717) is 64.1 Å². The molecule has 1 aliphatic heterocycles. The van der Waals surface area contributed by atoms with Gasteiger partial charge in [-0.25, -0.2) is 9.97 Å². The predicted molar refractivity (Wildman–Crippen MR) is 146 cm³/mol. The first-order valence-electron chi connectivity index (χ1n) is 12.2. The van der Waals surface area contributed by atoms with Crippen LogP contribution in [0.25, 0.3) is 33.8 Å². The van der Waals surface area contributed by atoms with Gasteiger partial charge in [0.05, 0.1) is 31.6 Å². The average Bonchev–Trinajstić information content (AvgIpc) is 3.37. The van der Waals surface area contributed by atoms with Crippen LogP contribution in [-0.2, 0) is 4.74 Å². The minimum Gasteiger partial charge on any atom is -0.494 e. The first kappa shape index (κ1) is 27.8. The average molecular weight is 550 g/mol. The van der Waals surface area contributed by atoms with E-state index >= 15 is 0 Å². The fraction of sp³-hybridized carbons (Fsp3) is 0.321. The zero-order valence-electron chi connectivity index (χ0n) is 22.1. The highest BCUT2D eigenvalue weighted by Gasteiger charge is 2.22. The number of halogens is 1. The van der Waals surface area contributed by atoms with E-state index in [4.69, 9.17) is 18.6 Å². The lowest BCUT2D eigenvalue weighted by Crippen LogP contribution is -2.26. The number of hydrogen-bond donors (Lipinski definition) is 0. The maximum absolute atomic E-state index is 12.4. The van der Waals surface area contributed by atoms with E-state index in [2.05, 4.69) is 21.0 Å². The molecule has 202 valence electrons. The molecular formula is C28H28ClN5O5. The van der Waals surface area contributed by atoms with Gasteiger partial charge in [0.15, 0.2) is 22.8 Å². The van der Waals surface area contributed by atoms with Crippen LogP contribution in [0.3, 0.4) is 0 Å². The fourth-order valence-electron chi connectivity index (χ4n) is 4.40. The Morgan fingerprint density at radius 2 is 1.90 bits per heavy atom. The number of pyridine rings is 3. The van der Waals surface area contributed by atoms with Crippen molar-refractivity contribution in [2.45, 2.75) is 25.9 Å². The minimum absolute atomic E-state index is 0. The molecule has 11 heteroatoms. The summed E-state index contributed by atoms with van der Waals surface area (Å²) >= 11 is 0. The highest BCUT2D eigenvalue weighted by Crippen LogP contribution is 2.38. The molecule has 0 bridgehead atoms. The highest BCUT2D eigenvalue weighted by molar-refractivity contribution is 5.95. The molecule has 0 aliphatic carbocycles. The van der Waals surface area contributed by atoms with Crippen molar-refractivity contribution in [1.29, 1.82) is 5.26 Å². The van der Waals surface area contributed by atoms with E-state index < -0.39 is 0 Å². The first-order chi connectivity index (χ1) is 18.4. The Kier molecular flexibility index (Phi) is 8.33. The second-order valence-corrected chi connectivity index (χ2v) is 9.20. The van der Waals surface area contributed by atoms with Crippen LogP contribution in [0.5, 0.6) is 11.5 Å². The number of ether oxygens (including phenoxy) is 3. The van der Waals surface area contributed by atoms with E-state index in [1.165, 1.54) is 18.2 Å². The monoisotopic (exact) mass is 549 g/mol. The summed E-state index contributed by atoms with van der Waals surface area (Å²) in [7, 11) is 4.86. The summed E-state index contributed by atoms with van der Waals surface area (Å²) in [6.45, 7) is 3.19. The summed E-state index contributed by atoms with van der Waals surface area (Å²) in [6, 6.07) is 9.16. The Hall–Kier alpha value is -4.20. The molecule has 0 N–H and O–H groups in total. The van der Waals surface area contributed by atoms with Crippen LogP contribution in [0, 0.1) is 18.3 Å². The van der Waals surface area contributed by atoms with Gasteiger partial charge in [0.1, 0.15) is 29.1 Å². The normalized spacial score (nSPS) is 13.4. The van der Waals surface area contributed by atoms with E-state index in [9.17, 15) is 10.1 Å². The molecular weight excluding hydrogens is 522 g/mol. The van der Waals surface area contributed by atoms with Gasteiger partial charge < -0.3 is 23.5 Å². The summed E-state index contributed by atoms with van der Waals surface area (Å²) < 4.78 is 23.3. The van der Waals surface area contributed by atoms with Gasteiger partial charge in [0.25, 0.3) is 5.91 Å². The second-order valence-electron chi connectivity index (χ2n) is 9.20. The molecule has 0 radical (unpaired) electrons. The summed E-state index contributed by atoms with van der Waals surface area (Å²) in [5, 5.41) is 9.81. The number of amides is 1. The molecule has 0 unspecified atom stereocenters. The molecule has 4 aromatic heterocycles. The molecule has 0 atom stereocenters. The second kappa shape index (κ2) is 11.7. The molecule has 10 nitrogen and oxygen atoms in total. The van der Waals surface area contributed by atoms with Crippen molar-refractivity contribution in [3.63, 3.8) is 0 Å². The summed E-state index contributed by atoms with van der Waals surface area (Å²) in [5.74, 6) is 1.09. The summed E-state index contributed by atoms with van der Waals surface area (Å²) in [4.78, 5) is 27.4. The number of nitriles is 1. The van der Waals surface area contributed by atoms with Crippen LogP contribution >= 0.6 is 12.4 Å². The molecule has 1 aliphatic rings. The smallest absolute Gasteiger partial charge is 0.255 e. The van der Waals surface area contributed by atoms with Crippen LogP contribution in [0.15, 0.2) is 41.1 Å². The number of furan rings is 1. The number of fused-ring (bicyclic) bond motifs is 1. The first-order valence-corrected chi connectivity index (χ1v) is 12.2. The van der Waals surface area contributed by atoms with Gasteiger partial charge in [-0.3, -0.25) is 9.78 Å². The van der Waals surface area contributed by atoms with Crippen LogP contribution < -0.4 is 9.47 Å². The van der Waals surface area contributed by atoms with Gasteiger partial charge >= 0.3 is 0 Å². The topological polar surface area (TPSA) is 124 Å². The number of carbonyl (C=O) groups excluding carboxylic acids is 1. The van der Waals surface area contributed by atoms with Gasteiger partial charge in [-0.15, -0.1) is 12.4 Å². The summed E-state index contributed by atoms with van der Waals surface area (Å²) in [5.41, 5.74) is 4.27. The van der Waals surface area contributed by atoms with E-state index in [-0.39, 0.29) is 30.1 Å². The Morgan fingerprint density at radius 3 is 2.59 bits per heavy atom. The number of aryl methyl sites for hydroxylation is 1. The molecule has 1 fully saturated rings. The Balaban J connectivity index is 0.00000353. The lowest BCUT2D eigenvalue weighted by atomic mass is 10.1. The Labute approximate surface area is 231 Å². The lowest BCUT2D eigenvalue weighted by Gasteiger charge is -2.23. The molecule has 0 aromatic carbocycles. The van der Waals surface area contributed by atoms with Gasteiger partial charge in [0.2, 0.25) is 0 Å². The highest BCUT2D eigenvalue weighted by atomic mass is 35.5. The van der Waals surface area contributed by atoms with Crippen molar-refractivity contribution in [3.8, 4) is 40.3 Å². The summed E-state index contributed by atoms with van der Waals surface area (Å²) in [6.07, 6.45) is 4.76. The number of hydrogen-bond acceptors (Lipinski definition) is 9. The van der Waals surface area contributed by atoms with Gasteiger partial charge in [0, 0.05) is 51.0 Å². The third-order valence-electron chi connectivity index (χ3n) is 6.37. The standard InChI is InChI=1S/C28H27N5O5.ClH/c1-16-14-30-20-12-24(26-23(35-4)11-17(15-31-26)28(34)33(2)3)38-27(20)25(16)19-5-6-22(21(13-29)32-19)37-18-7-9-36-10-8-18;/h5-6,11-12,14-15,18H,7-10H2,1-4H3;1H. The molecule has 5 heterocycles. The van der Waals surface area contributed by atoms with Crippen LogP contribution in [0.1, 0.15) is 34.5 Å². The minimum atomic E-state index is -0.185. The zero-order chi connectivity index (χ0) is 26.8. The number of rotatable bonds is 6. The molecule has 1 saturated heterocycles. The molecule has 39 heavy (non-hydrogen) atoms. The van der Waals surface area contributed by atoms with Crippen LogP contribution in [0.4, 0.5) is 0 Å². The third kappa shape index (κ3) is 5.50. The molecule has 0 saturated carbocycles. The zero-order valence-corrected chi connectivity index (χ0v) is 22.9. The number of methoxy groups -OCH3 is 1. The molecule has 4 aromatic rings. The van der Waals surface area contributed by atoms with Crippen molar-refractivity contribution in [2.75, 3.05) is 34.4 Å². The number of carbonyl (C=O) groups is 1. The SMILES string of the molecule is COc1cc(C(=O)N(C)C)cnc1-c1cc2ncc(C)c(-c3ccc(OC4CCOCC4)c(C#N)n3)c2o1.Cl. The van der Waals surface area contributed by atoms with Crippen molar-refractivity contribution in [2.24, 2.45) is 0 Å². The van der Waals surface area contributed by atoms with E-state index in [1.807, 2.05) is 13.0 Å². The van der Waals surface area contributed by atoms with E-state index in [0.717, 1.165) is 18.4 Å². The molecule has 1 amide bonds. The van der Waals surface area contributed by atoms with Gasteiger partial charge in [-0.1, -0.05) is 0 Å². The van der Waals surface area contributed by atoms with Crippen molar-refractivity contribution < 1.29 is 23.4 Å². The fourth-order valence-corrected chi connectivity index (χ4v) is 4.40. The maximum atomic E-state index is 12.4. The van der Waals surface area contributed by atoms with Crippen molar-refractivity contribution in [3.05, 3.63) is 53.5 Å². The molecule has 5 rings (SSSR count). The quantitative estimate of drug-likeness (QED) is 0.333. The van der Waals surface area contributed by atoms with Gasteiger partial charge in [-0.05, 0) is 30.7 Å². The third-order valence-corrected chi connectivity index (χ3v) is 6.37. The van der Waals surface area contributed by atoms with Gasteiger partial charge in [-0.2, -0.15) is 5.26 Å². The Bertz CT molecular complexity index is 1560. The number of aromatic nitrogens is 3. The lowest BCUT2D eigenvalue weighted by molar-refractivity contribution is 0.0253. The van der Waals surface area contributed by atoms with Crippen molar-refractivity contribution >= 4 is 29.4 Å². The van der Waals surface area contributed by atoms with Crippen molar-refractivity contribution in [1.82, 2.24) is 19.9 Å². The number of nitrogens with zero attached hydrogens (tertiary/aromatic N) is 5. The molecule has 0 spiro atoms. The van der Waals surface area contributed by atoms with Crippen LogP contribution in [0.2, 0.25) is 0 Å². The largest absolute Gasteiger partial charge is 0.494 e. The predicted octanol–water partition coefficient (Wildman–Crippen LogP) is 4.82. The maximum Gasteiger partial charge on any atom is 0.255 e.